The number of rotatable bonds is 8. The van der Waals surface area contributed by atoms with Crippen molar-refractivity contribution in [3.05, 3.63) is 71.8 Å². The van der Waals surface area contributed by atoms with Crippen molar-refractivity contribution >= 4 is 0 Å². The van der Waals surface area contributed by atoms with Gasteiger partial charge in [0.05, 0.1) is 12.7 Å². The van der Waals surface area contributed by atoms with Crippen LogP contribution in [0.1, 0.15) is 57.8 Å². The van der Waals surface area contributed by atoms with Crippen LogP contribution in [0.5, 0.6) is 0 Å². The molecule has 0 amide bonds. The van der Waals surface area contributed by atoms with Crippen LogP contribution in [-0.4, -0.2) is 41.5 Å². The lowest BCUT2D eigenvalue weighted by molar-refractivity contribution is 0.00380. The van der Waals surface area contributed by atoms with E-state index >= 15 is 0 Å². The van der Waals surface area contributed by atoms with Gasteiger partial charge < -0.3 is 20.5 Å². The van der Waals surface area contributed by atoms with E-state index in [2.05, 4.69) is 62.6 Å². The lowest BCUT2D eigenvalue weighted by Gasteiger charge is -2.47. The third kappa shape index (κ3) is 6.65. The van der Waals surface area contributed by atoms with Crippen molar-refractivity contribution in [1.29, 1.82) is 0 Å². The fourth-order valence-electron chi connectivity index (χ4n) is 4.68. The molecule has 3 rings (SSSR count). The van der Waals surface area contributed by atoms with Crippen LogP contribution in [0, 0.1) is 0 Å². The molecule has 0 radical (unpaired) electrons. The highest BCUT2D eigenvalue weighted by atomic mass is 16.5. The Morgan fingerprint density at radius 2 is 1.41 bits per heavy atom. The van der Waals surface area contributed by atoms with Gasteiger partial charge in [0.2, 0.25) is 0 Å². The highest BCUT2D eigenvalue weighted by molar-refractivity contribution is 5.29. The van der Waals surface area contributed by atoms with Crippen molar-refractivity contribution in [2.24, 2.45) is 0 Å². The molecular weight excluding hydrogens is 360 g/mol. The number of ether oxygens (including phenoxy) is 1. The molecule has 2 aromatic carbocycles. The summed E-state index contributed by atoms with van der Waals surface area (Å²) in [6, 6.07) is 20.8. The molecule has 1 aliphatic rings. The topological polar surface area (TPSA) is 53.5 Å². The van der Waals surface area contributed by atoms with Crippen molar-refractivity contribution < 1.29 is 9.84 Å². The molecule has 158 valence electrons. The molecule has 1 saturated heterocycles. The Morgan fingerprint density at radius 1 is 0.931 bits per heavy atom. The third-order valence-corrected chi connectivity index (χ3v) is 5.49. The third-order valence-electron chi connectivity index (χ3n) is 5.49. The summed E-state index contributed by atoms with van der Waals surface area (Å²) in [7, 11) is 0. The number of benzene rings is 2. The molecule has 1 fully saturated rings. The van der Waals surface area contributed by atoms with Crippen LogP contribution in [-0.2, 0) is 4.74 Å². The Kier molecular flexibility index (Phi) is 7.12. The fourth-order valence-corrected chi connectivity index (χ4v) is 4.68. The smallest absolute Gasteiger partial charge is 0.108 e. The Morgan fingerprint density at radius 3 is 1.90 bits per heavy atom. The van der Waals surface area contributed by atoms with Gasteiger partial charge in [-0.15, -0.1) is 0 Å². The van der Waals surface area contributed by atoms with E-state index in [1.165, 1.54) is 0 Å². The normalized spacial score (nSPS) is 19.9. The van der Waals surface area contributed by atoms with Gasteiger partial charge in [-0.1, -0.05) is 60.7 Å². The summed E-state index contributed by atoms with van der Waals surface area (Å²) in [5.41, 5.74) is 2.38. The molecular formula is C25H36N2O2. The van der Waals surface area contributed by atoms with Gasteiger partial charge >= 0.3 is 0 Å². The number of aliphatic hydroxyl groups excluding tert-OH is 1. The zero-order valence-corrected chi connectivity index (χ0v) is 18.2. The van der Waals surface area contributed by atoms with E-state index in [1.54, 1.807) is 0 Å². The summed E-state index contributed by atoms with van der Waals surface area (Å²) in [6.45, 7) is 9.80. The van der Waals surface area contributed by atoms with Gasteiger partial charge in [0.25, 0.3) is 0 Å². The van der Waals surface area contributed by atoms with E-state index in [1.807, 2.05) is 36.4 Å². The molecule has 4 heteroatoms. The molecule has 0 bridgehead atoms. The molecule has 4 nitrogen and oxygen atoms in total. The second-order valence-corrected chi connectivity index (χ2v) is 9.59. The standard InChI is InChI=1S/C25H36N2O2/c1-24(2)15-21(16-25(3,4)27-24)26-17-22(28)18-29-23(19-11-7-5-8-12-19)20-13-9-6-10-14-20/h5-14,21-23,26-28H,15-18H2,1-4H3/t22-/m0/s1. The summed E-state index contributed by atoms with van der Waals surface area (Å²) in [5, 5.41) is 17.8. The zero-order chi connectivity index (χ0) is 20.9. The van der Waals surface area contributed by atoms with Crippen LogP contribution in [0.4, 0.5) is 0 Å². The summed E-state index contributed by atoms with van der Waals surface area (Å²) in [5.74, 6) is 0. The van der Waals surface area contributed by atoms with Crippen molar-refractivity contribution in [3.63, 3.8) is 0 Å². The largest absolute Gasteiger partial charge is 0.389 e. The number of piperidine rings is 1. The van der Waals surface area contributed by atoms with Crippen molar-refractivity contribution in [1.82, 2.24) is 10.6 Å². The summed E-state index contributed by atoms with van der Waals surface area (Å²) >= 11 is 0. The quantitative estimate of drug-likeness (QED) is 0.630. The molecule has 3 N–H and O–H groups in total. The first-order chi connectivity index (χ1) is 13.7. The average Bonchev–Trinajstić information content (AvgIpc) is 2.66. The average molecular weight is 397 g/mol. The van der Waals surface area contributed by atoms with Gasteiger partial charge in [-0.2, -0.15) is 0 Å². The van der Waals surface area contributed by atoms with Crippen molar-refractivity contribution in [2.75, 3.05) is 13.2 Å². The predicted molar refractivity (Wildman–Crippen MR) is 119 cm³/mol. The Bertz CT molecular complexity index is 690. The van der Waals surface area contributed by atoms with Crippen LogP contribution in [0.2, 0.25) is 0 Å². The highest BCUT2D eigenvalue weighted by Crippen LogP contribution is 2.29. The van der Waals surface area contributed by atoms with Gasteiger partial charge in [-0.05, 0) is 51.7 Å². The number of nitrogens with one attached hydrogen (secondary N) is 2. The van der Waals surface area contributed by atoms with Crippen LogP contribution in [0.15, 0.2) is 60.7 Å². The zero-order valence-electron chi connectivity index (χ0n) is 18.2. The van der Waals surface area contributed by atoms with Gasteiger partial charge in [-0.3, -0.25) is 0 Å². The fraction of sp³-hybridized carbons (Fsp3) is 0.520. The molecule has 1 aliphatic heterocycles. The van der Waals surface area contributed by atoms with Gasteiger partial charge in [0.1, 0.15) is 6.10 Å². The van der Waals surface area contributed by atoms with Crippen LogP contribution < -0.4 is 10.6 Å². The first-order valence-electron chi connectivity index (χ1n) is 10.7. The predicted octanol–water partition coefficient (Wildman–Crippen LogP) is 4.05. The van der Waals surface area contributed by atoms with E-state index in [9.17, 15) is 5.11 Å². The molecule has 0 spiro atoms. The van der Waals surface area contributed by atoms with Crippen molar-refractivity contribution in [3.8, 4) is 0 Å². The molecule has 29 heavy (non-hydrogen) atoms. The molecule has 1 heterocycles. The minimum Gasteiger partial charge on any atom is -0.389 e. The second-order valence-electron chi connectivity index (χ2n) is 9.59. The monoisotopic (exact) mass is 396 g/mol. The van der Waals surface area contributed by atoms with Gasteiger partial charge in [-0.25, -0.2) is 0 Å². The molecule has 0 aromatic heterocycles. The minimum atomic E-state index is -0.550. The lowest BCUT2D eigenvalue weighted by Crippen LogP contribution is -2.62. The minimum absolute atomic E-state index is 0.0899. The number of hydrogen-bond donors (Lipinski definition) is 3. The van der Waals surface area contributed by atoms with Crippen LogP contribution in [0.25, 0.3) is 0 Å². The van der Waals surface area contributed by atoms with E-state index in [4.69, 9.17) is 4.74 Å². The Balaban J connectivity index is 1.56. The second kappa shape index (κ2) is 9.40. The maximum absolute atomic E-state index is 10.6. The molecule has 2 aromatic rings. The Hall–Kier alpha value is -1.72. The Labute approximate surface area is 175 Å². The highest BCUT2D eigenvalue weighted by Gasteiger charge is 2.37. The maximum Gasteiger partial charge on any atom is 0.108 e. The van der Waals surface area contributed by atoms with Gasteiger partial charge in [0.15, 0.2) is 0 Å². The van der Waals surface area contributed by atoms with E-state index in [-0.39, 0.29) is 17.2 Å². The molecule has 0 saturated carbocycles. The van der Waals surface area contributed by atoms with E-state index < -0.39 is 6.10 Å². The molecule has 0 aliphatic carbocycles. The van der Waals surface area contributed by atoms with E-state index in [0.29, 0.717) is 19.2 Å². The van der Waals surface area contributed by atoms with Crippen LogP contribution >= 0.6 is 0 Å². The first kappa shape index (κ1) is 22.0. The van der Waals surface area contributed by atoms with E-state index in [0.717, 1.165) is 24.0 Å². The number of hydrogen-bond acceptors (Lipinski definition) is 4. The molecule has 0 unspecified atom stereocenters. The maximum atomic E-state index is 10.6. The van der Waals surface area contributed by atoms with Gasteiger partial charge in [0, 0.05) is 23.7 Å². The molecule has 1 atom stereocenters. The summed E-state index contributed by atoms with van der Waals surface area (Å²) in [4.78, 5) is 0. The summed E-state index contributed by atoms with van der Waals surface area (Å²) in [6.07, 6.45) is 1.36. The summed E-state index contributed by atoms with van der Waals surface area (Å²) < 4.78 is 6.20. The first-order valence-corrected chi connectivity index (χ1v) is 10.7. The van der Waals surface area contributed by atoms with Crippen LogP contribution in [0.3, 0.4) is 0 Å². The lowest BCUT2D eigenvalue weighted by atomic mass is 9.79. The SMILES string of the molecule is CC1(C)CC(NC[C@H](O)COC(c2ccccc2)c2ccccc2)CC(C)(C)N1. The number of aliphatic hydroxyl groups is 1. The van der Waals surface area contributed by atoms with Crippen molar-refractivity contribution in [2.45, 2.75) is 69.9 Å².